The highest BCUT2D eigenvalue weighted by molar-refractivity contribution is 6.28. The van der Waals surface area contributed by atoms with E-state index < -0.39 is 17.4 Å². The highest BCUT2D eigenvalue weighted by Crippen LogP contribution is 2.56. The maximum Gasteiger partial charge on any atom is 0.253 e. The first kappa shape index (κ1) is 22.9. The Morgan fingerprint density at radius 1 is 0.763 bits per heavy atom. The fourth-order valence-corrected chi connectivity index (χ4v) is 6.86. The molecule has 6 heteroatoms. The van der Waals surface area contributed by atoms with Crippen LogP contribution in [0.5, 0.6) is 0 Å². The van der Waals surface area contributed by atoms with Crippen LogP contribution in [0.3, 0.4) is 0 Å². The highest BCUT2D eigenvalue weighted by Gasteiger charge is 2.71. The fourth-order valence-electron chi connectivity index (χ4n) is 6.86. The van der Waals surface area contributed by atoms with Gasteiger partial charge in [0.25, 0.3) is 5.91 Å². The normalized spacial score (nSPS) is 26.0. The summed E-state index contributed by atoms with van der Waals surface area (Å²) in [4.78, 5) is 46.1. The molecule has 7 rings (SSSR count). The maximum atomic E-state index is 14.5. The molecule has 0 radical (unpaired) electrons. The molecule has 6 nitrogen and oxygen atoms in total. The molecule has 4 aromatic carbocycles. The molecule has 188 valence electrons. The summed E-state index contributed by atoms with van der Waals surface area (Å²) < 4.78 is 0. The Balaban J connectivity index is 1.38. The van der Waals surface area contributed by atoms with Crippen molar-refractivity contribution in [3.63, 3.8) is 0 Å². The second-order valence-electron chi connectivity index (χ2n) is 10.4. The van der Waals surface area contributed by atoms with Gasteiger partial charge in [-0.3, -0.25) is 19.7 Å². The number of nitrogens with zero attached hydrogens (tertiary/aromatic N) is 2. The summed E-state index contributed by atoms with van der Waals surface area (Å²) in [6.07, 6.45) is 0.624. The molecule has 38 heavy (non-hydrogen) atoms. The Kier molecular flexibility index (Phi) is 5.03. The zero-order valence-electron chi connectivity index (χ0n) is 21.0. The van der Waals surface area contributed by atoms with E-state index in [0.29, 0.717) is 18.7 Å². The molecule has 0 unspecified atom stereocenters. The van der Waals surface area contributed by atoms with Gasteiger partial charge in [0.2, 0.25) is 11.8 Å². The van der Waals surface area contributed by atoms with Crippen LogP contribution in [-0.2, 0) is 26.5 Å². The van der Waals surface area contributed by atoms with Gasteiger partial charge in [-0.05, 0) is 29.5 Å². The number of anilines is 2. The molecular weight excluding hydrogens is 474 g/mol. The Hall–Kier alpha value is -4.29. The predicted molar refractivity (Wildman–Crippen MR) is 146 cm³/mol. The van der Waals surface area contributed by atoms with Crippen molar-refractivity contribution in [2.75, 3.05) is 9.80 Å². The summed E-state index contributed by atoms with van der Waals surface area (Å²) in [7, 11) is 0. The smallest absolute Gasteiger partial charge is 0.253 e. The van der Waals surface area contributed by atoms with Gasteiger partial charge in [-0.25, -0.2) is 4.90 Å². The fraction of sp³-hybridized carbons (Fsp3) is 0.219. The van der Waals surface area contributed by atoms with Crippen LogP contribution in [-0.4, -0.2) is 23.8 Å². The van der Waals surface area contributed by atoms with Gasteiger partial charge in [-0.15, -0.1) is 0 Å². The van der Waals surface area contributed by atoms with Crippen molar-refractivity contribution < 1.29 is 14.4 Å². The molecule has 1 spiro atoms. The van der Waals surface area contributed by atoms with E-state index in [1.54, 1.807) is 4.90 Å². The first-order valence-corrected chi connectivity index (χ1v) is 13.1. The molecule has 0 aliphatic carbocycles. The number of carbonyl (C=O) groups excluding carboxylic acids is 3. The van der Waals surface area contributed by atoms with Crippen molar-refractivity contribution in [3.05, 3.63) is 108 Å². The van der Waals surface area contributed by atoms with Crippen molar-refractivity contribution in [2.45, 2.75) is 31.5 Å². The lowest BCUT2D eigenvalue weighted by atomic mass is 9.76. The molecule has 3 aliphatic rings. The quantitative estimate of drug-likeness (QED) is 0.409. The molecular formula is C32H27N3O3. The summed E-state index contributed by atoms with van der Waals surface area (Å²) in [6.45, 7) is 2.39. The maximum absolute atomic E-state index is 14.5. The van der Waals surface area contributed by atoms with E-state index in [1.165, 1.54) is 4.90 Å². The van der Waals surface area contributed by atoms with E-state index in [0.717, 1.165) is 27.6 Å². The third-order valence-electron chi connectivity index (χ3n) is 8.50. The van der Waals surface area contributed by atoms with Gasteiger partial charge in [-0.1, -0.05) is 91.9 Å². The van der Waals surface area contributed by atoms with Gasteiger partial charge in [0.1, 0.15) is 5.54 Å². The highest BCUT2D eigenvalue weighted by atomic mass is 16.2. The monoisotopic (exact) mass is 501 g/mol. The Morgan fingerprint density at radius 2 is 1.45 bits per heavy atom. The molecule has 1 N–H and O–H groups in total. The van der Waals surface area contributed by atoms with Crippen LogP contribution < -0.4 is 15.1 Å². The largest absolute Gasteiger partial charge is 0.306 e. The molecule has 3 heterocycles. The van der Waals surface area contributed by atoms with Crippen LogP contribution in [0.2, 0.25) is 0 Å². The van der Waals surface area contributed by atoms with Crippen molar-refractivity contribution in [1.82, 2.24) is 5.32 Å². The van der Waals surface area contributed by atoms with Gasteiger partial charge in [-0.2, -0.15) is 0 Å². The number of carbonyl (C=O) groups is 3. The zero-order valence-corrected chi connectivity index (χ0v) is 21.0. The molecule has 4 atom stereocenters. The molecule has 2 fully saturated rings. The topological polar surface area (TPSA) is 69.7 Å². The van der Waals surface area contributed by atoms with Crippen LogP contribution in [0.25, 0.3) is 10.8 Å². The van der Waals surface area contributed by atoms with Gasteiger partial charge in [0, 0.05) is 22.7 Å². The van der Waals surface area contributed by atoms with Gasteiger partial charge in [0.05, 0.1) is 24.1 Å². The number of rotatable bonds is 4. The molecule has 2 saturated heterocycles. The van der Waals surface area contributed by atoms with Crippen molar-refractivity contribution in [2.24, 2.45) is 11.8 Å². The number of hydrogen-bond donors (Lipinski definition) is 1. The second-order valence-corrected chi connectivity index (χ2v) is 10.4. The Bertz CT molecular complexity index is 1610. The molecule has 3 amide bonds. The van der Waals surface area contributed by atoms with Crippen LogP contribution in [0.4, 0.5) is 11.4 Å². The number of amides is 3. The summed E-state index contributed by atoms with van der Waals surface area (Å²) in [5.74, 6) is -2.17. The number of benzene rings is 4. The van der Waals surface area contributed by atoms with Gasteiger partial charge < -0.3 is 4.90 Å². The second kappa shape index (κ2) is 8.36. The van der Waals surface area contributed by atoms with Crippen molar-refractivity contribution in [3.8, 4) is 0 Å². The van der Waals surface area contributed by atoms with Crippen LogP contribution in [0, 0.1) is 11.8 Å². The molecule has 3 aliphatic heterocycles. The summed E-state index contributed by atoms with van der Waals surface area (Å²) in [5.41, 5.74) is 1.85. The van der Waals surface area contributed by atoms with Crippen molar-refractivity contribution in [1.29, 1.82) is 0 Å². The van der Waals surface area contributed by atoms with E-state index in [2.05, 4.69) is 5.32 Å². The number of hydrogen-bond acceptors (Lipinski definition) is 4. The summed E-state index contributed by atoms with van der Waals surface area (Å²) in [6, 6.07) is 30.6. The van der Waals surface area contributed by atoms with E-state index in [-0.39, 0.29) is 23.8 Å². The van der Waals surface area contributed by atoms with Gasteiger partial charge >= 0.3 is 0 Å². The minimum Gasteiger partial charge on any atom is -0.306 e. The first-order chi connectivity index (χ1) is 18.6. The number of para-hydroxylation sites is 1. The van der Waals surface area contributed by atoms with Crippen LogP contribution in [0.15, 0.2) is 97.1 Å². The minimum atomic E-state index is -1.29. The van der Waals surface area contributed by atoms with Crippen molar-refractivity contribution >= 4 is 39.9 Å². The van der Waals surface area contributed by atoms with E-state index in [1.807, 2.05) is 104 Å². The van der Waals surface area contributed by atoms with E-state index >= 15 is 0 Å². The average Bonchev–Trinajstić information content (AvgIpc) is 3.52. The lowest BCUT2D eigenvalue weighted by Gasteiger charge is -2.30. The third kappa shape index (κ3) is 2.95. The zero-order chi connectivity index (χ0) is 26.0. The Labute approximate surface area is 220 Å². The predicted octanol–water partition coefficient (Wildman–Crippen LogP) is 4.77. The molecule has 0 bridgehead atoms. The standard InChI is InChI=1S/C32H27N3O3/c1-2-24-27-28(30(37)35(29(27)36)25-18-10-14-21-13-6-7-15-22(21)25)32(33-24)23-16-8-9-17-26(23)34(31(32)38)19-20-11-4-3-5-12-20/h3-18,24,27-28,33H,2,19H2,1H3/t24-,27+,28+,32-/m0/s1. The molecule has 0 saturated carbocycles. The van der Waals surface area contributed by atoms with E-state index in [9.17, 15) is 14.4 Å². The SMILES string of the molecule is CC[C@@H]1N[C@]2(C(=O)N(Cc3ccccc3)c3ccccc32)[C@H]2C(=O)N(c3cccc4ccccc34)C(=O)[C@H]12. The Morgan fingerprint density at radius 3 is 2.26 bits per heavy atom. The van der Waals surface area contributed by atoms with Crippen LogP contribution in [0.1, 0.15) is 24.5 Å². The lowest BCUT2D eigenvalue weighted by Crippen LogP contribution is -2.55. The molecule has 0 aromatic heterocycles. The number of nitrogens with one attached hydrogen (secondary N) is 1. The van der Waals surface area contributed by atoms with E-state index in [4.69, 9.17) is 0 Å². The third-order valence-corrected chi connectivity index (χ3v) is 8.50. The summed E-state index contributed by atoms with van der Waals surface area (Å²) in [5, 5.41) is 5.35. The number of imide groups is 1. The summed E-state index contributed by atoms with van der Waals surface area (Å²) >= 11 is 0. The molecule has 4 aromatic rings. The number of fused-ring (bicyclic) bond motifs is 5. The minimum absolute atomic E-state index is 0.172. The van der Waals surface area contributed by atoms with Crippen LogP contribution >= 0.6 is 0 Å². The lowest BCUT2D eigenvalue weighted by molar-refractivity contribution is -0.132. The average molecular weight is 502 g/mol. The first-order valence-electron chi connectivity index (χ1n) is 13.1. The van der Waals surface area contributed by atoms with Gasteiger partial charge in [0.15, 0.2) is 0 Å².